The van der Waals surface area contributed by atoms with Crippen LogP contribution in [-0.4, -0.2) is 23.2 Å². The Kier molecular flexibility index (Phi) is 3.91. The van der Waals surface area contributed by atoms with Crippen molar-refractivity contribution in [2.75, 3.05) is 0 Å². The Morgan fingerprint density at radius 1 is 1.21 bits per heavy atom. The van der Waals surface area contributed by atoms with Gasteiger partial charge in [0.2, 0.25) is 0 Å². The molecule has 2 bridgehead atoms. The van der Waals surface area contributed by atoms with Crippen molar-refractivity contribution >= 4 is 0 Å². The van der Waals surface area contributed by atoms with E-state index in [-0.39, 0.29) is 11.8 Å². The fourth-order valence-electron chi connectivity index (χ4n) is 3.76. The van der Waals surface area contributed by atoms with Gasteiger partial charge >= 0.3 is 0 Å². The average molecular weight is 323 g/mol. The van der Waals surface area contributed by atoms with Crippen molar-refractivity contribution in [2.24, 2.45) is 0 Å². The van der Waals surface area contributed by atoms with E-state index in [9.17, 15) is 9.65 Å². The van der Waals surface area contributed by atoms with Crippen LogP contribution >= 0.6 is 0 Å². The maximum atomic E-state index is 14.0. The van der Waals surface area contributed by atoms with E-state index in [0.717, 1.165) is 12.8 Å². The van der Waals surface area contributed by atoms with E-state index in [2.05, 4.69) is 16.4 Å². The summed E-state index contributed by atoms with van der Waals surface area (Å²) in [4.78, 5) is 4.10. The predicted molar refractivity (Wildman–Crippen MR) is 87.9 cm³/mol. The first-order valence-corrected chi connectivity index (χ1v) is 8.30. The molecule has 2 saturated heterocycles. The lowest BCUT2D eigenvalue weighted by molar-refractivity contribution is 0.137. The third kappa shape index (κ3) is 2.98. The van der Waals surface area contributed by atoms with Crippen LogP contribution in [0.25, 0.3) is 11.3 Å². The zero-order valence-corrected chi connectivity index (χ0v) is 13.2. The quantitative estimate of drug-likeness (QED) is 0.940. The molecule has 2 fully saturated rings. The molecule has 0 spiro atoms. The number of pyridine rings is 1. The molecular formula is C19H18FN3O. The van der Waals surface area contributed by atoms with Gasteiger partial charge < -0.3 is 10.1 Å². The number of rotatable bonds is 3. The number of nitrogens with zero attached hydrogens (tertiary/aromatic N) is 2. The van der Waals surface area contributed by atoms with Crippen LogP contribution in [0.4, 0.5) is 4.39 Å². The minimum absolute atomic E-state index is 0.138. The molecule has 122 valence electrons. The molecule has 4 nitrogen and oxygen atoms in total. The van der Waals surface area contributed by atoms with Gasteiger partial charge in [0.15, 0.2) is 0 Å². The molecule has 0 radical (unpaired) electrons. The van der Waals surface area contributed by atoms with Crippen LogP contribution in [0.15, 0.2) is 36.5 Å². The molecule has 4 rings (SSSR count). The number of nitriles is 1. The van der Waals surface area contributed by atoms with Gasteiger partial charge in [-0.15, -0.1) is 0 Å². The van der Waals surface area contributed by atoms with Gasteiger partial charge in [0.05, 0.1) is 11.6 Å². The van der Waals surface area contributed by atoms with Gasteiger partial charge in [0.25, 0.3) is 0 Å². The molecule has 24 heavy (non-hydrogen) atoms. The summed E-state index contributed by atoms with van der Waals surface area (Å²) in [5.74, 6) is 0.207. The molecule has 0 saturated carbocycles. The highest BCUT2D eigenvalue weighted by molar-refractivity contribution is 5.64. The molecule has 2 aliphatic rings. The van der Waals surface area contributed by atoms with Gasteiger partial charge in [-0.2, -0.15) is 5.26 Å². The highest BCUT2D eigenvalue weighted by atomic mass is 19.1. The largest absolute Gasteiger partial charge is 0.490 e. The Morgan fingerprint density at radius 2 is 2.00 bits per heavy atom. The second kappa shape index (κ2) is 6.21. The van der Waals surface area contributed by atoms with E-state index in [1.807, 2.05) is 0 Å². The highest BCUT2D eigenvalue weighted by Gasteiger charge is 2.34. The molecule has 2 unspecified atom stereocenters. The van der Waals surface area contributed by atoms with E-state index in [4.69, 9.17) is 4.74 Å². The lowest BCUT2D eigenvalue weighted by Crippen LogP contribution is -2.42. The molecule has 1 aromatic carbocycles. The minimum Gasteiger partial charge on any atom is -0.490 e. The summed E-state index contributed by atoms with van der Waals surface area (Å²) in [5.41, 5.74) is 1.26. The van der Waals surface area contributed by atoms with Crippen molar-refractivity contribution in [3.05, 3.63) is 47.9 Å². The summed E-state index contributed by atoms with van der Waals surface area (Å²) >= 11 is 0. The lowest BCUT2D eigenvalue weighted by atomic mass is 10.0. The number of aromatic nitrogens is 1. The predicted octanol–water partition coefficient (Wildman–Crippen LogP) is 3.42. The summed E-state index contributed by atoms with van der Waals surface area (Å²) < 4.78 is 20.2. The van der Waals surface area contributed by atoms with Gasteiger partial charge in [0.1, 0.15) is 23.4 Å². The van der Waals surface area contributed by atoms with Crippen LogP contribution in [-0.2, 0) is 0 Å². The van der Waals surface area contributed by atoms with Crippen LogP contribution in [0, 0.1) is 17.1 Å². The third-order valence-corrected chi connectivity index (χ3v) is 4.80. The van der Waals surface area contributed by atoms with Gasteiger partial charge in [0, 0.05) is 23.8 Å². The molecular weight excluding hydrogens is 305 g/mol. The summed E-state index contributed by atoms with van der Waals surface area (Å²) in [6, 6.07) is 11.2. The maximum absolute atomic E-state index is 14.0. The van der Waals surface area contributed by atoms with Gasteiger partial charge in [-0.05, 0) is 56.0 Å². The number of hydrogen-bond acceptors (Lipinski definition) is 4. The Balaban J connectivity index is 1.63. The van der Waals surface area contributed by atoms with Crippen molar-refractivity contribution < 1.29 is 9.13 Å². The van der Waals surface area contributed by atoms with Crippen LogP contribution in [0.1, 0.15) is 31.2 Å². The molecule has 0 amide bonds. The molecule has 1 aromatic heterocycles. The Hall–Kier alpha value is -2.45. The maximum Gasteiger partial charge on any atom is 0.149 e. The first-order valence-electron chi connectivity index (χ1n) is 8.30. The number of hydrogen-bond donors (Lipinski definition) is 1. The van der Waals surface area contributed by atoms with Crippen molar-refractivity contribution in [3.8, 4) is 23.1 Å². The monoisotopic (exact) mass is 323 g/mol. The van der Waals surface area contributed by atoms with Gasteiger partial charge in [-0.25, -0.2) is 4.39 Å². The molecule has 3 heterocycles. The van der Waals surface area contributed by atoms with E-state index in [1.54, 1.807) is 30.5 Å². The second-order valence-electron chi connectivity index (χ2n) is 6.54. The van der Waals surface area contributed by atoms with Crippen LogP contribution in [0.2, 0.25) is 0 Å². The molecule has 1 N–H and O–H groups in total. The van der Waals surface area contributed by atoms with E-state index in [1.165, 1.54) is 18.9 Å². The van der Waals surface area contributed by atoms with Crippen LogP contribution in [0.5, 0.6) is 5.75 Å². The molecule has 5 heteroatoms. The van der Waals surface area contributed by atoms with E-state index >= 15 is 0 Å². The minimum atomic E-state index is -0.404. The number of halogens is 1. The summed E-state index contributed by atoms with van der Waals surface area (Å²) in [6.45, 7) is 0. The molecule has 2 aliphatic heterocycles. The van der Waals surface area contributed by atoms with Gasteiger partial charge in [-0.3, -0.25) is 4.98 Å². The Labute approximate surface area is 140 Å². The van der Waals surface area contributed by atoms with Crippen molar-refractivity contribution in [2.45, 2.75) is 43.9 Å². The SMILES string of the molecule is N#Cc1cc(OC2CC3CCC(C2)N3)cc(-c2ncccc2F)c1. The molecule has 2 aromatic rings. The normalized spacial score (nSPS) is 25.2. The fourth-order valence-corrected chi connectivity index (χ4v) is 3.76. The molecule has 2 atom stereocenters. The summed E-state index contributed by atoms with van der Waals surface area (Å²) in [5, 5.41) is 12.9. The zero-order chi connectivity index (χ0) is 16.5. The van der Waals surface area contributed by atoms with Crippen molar-refractivity contribution in [1.29, 1.82) is 5.26 Å². The van der Waals surface area contributed by atoms with Gasteiger partial charge in [-0.1, -0.05) is 0 Å². The van der Waals surface area contributed by atoms with E-state index in [0.29, 0.717) is 29.0 Å². The Bertz CT molecular complexity index is 789. The van der Waals surface area contributed by atoms with Crippen molar-refractivity contribution in [3.63, 3.8) is 0 Å². The third-order valence-electron chi connectivity index (χ3n) is 4.80. The molecule has 0 aliphatic carbocycles. The second-order valence-corrected chi connectivity index (χ2v) is 6.54. The first kappa shape index (κ1) is 15.1. The number of fused-ring (bicyclic) bond motifs is 2. The first-order chi connectivity index (χ1) is 11.7. The Morgan fingerprint density at radius 3 is 2.71 bits per heavy atom. The number of ether oxygens (including phenoxy) is 1. The lowest BCUT2D eigenvalue weighted by Gasteiger charge is -2.29. The number of nitrogens with one attached hydrogen (secondary N) is 1. The van der Waals surface area contributed by atoms with Crippen LogP contribution < -0.4 is 10.1 Å². The average Bonchev–Trinajstić information content (AvgIpc) is 2.93. The fraction of sp³-hybridized carbons (Fsp3) is 0.368. The number of piperidine rings is 1. The topological polar surface area (TPSA) is 57.9 Å². The van der Waals surface area contributed by atoms with E-state index < -0.39 is 5.82 Å². The zero-order valence-electron chi connectivity index (χ0n) is 13.2. The smallest absolute Gasteiger partial charge is 0.149 e. The van der Waals surface area contributed by atoms with Crippen molar-refractivity contribution in [1.82, 2.24) is 10.3 Å². The summed E-state index contributed by atoms with van der Waals surface area (Å²) in [6.07, 6.45) is 6.03. The number of benzene rings is 1. The summed E-state index contributed by atoms with van der Waals surface area (Å²) in [7, 11) is 0. The van der Waals surface area contributed by atoms with Crippen LogP contribution in [0.3, 0.4) is 0 Å². The highest BCUT2D eigenvalue weighted by Crippen LogP contribution is 2.32. The standard InChI is InChI=1S/C19H18FN3O/c20-18-2-1-5-22-19(18)13-6-12(11-21)7-16(8-13)24-17-9-14-3-4-15(10-17)23-14/h1-2,5-8,14-15,17,23H,3-4,9-10H2.